The van der Waals surface area contributed by atoms with Crippen molar-refractivity contribution >= 4 is 5.84 Å². The highest BCUT2D eigenvalue weighted by atomic mass is 15.1. The van der Waals surface area contributed by atoms with Crippen molar-refractivity contribution in [1.82, 2.24) is 4.90 Å². The van der Waals surface area contributed by atoms with Gasteiger partial charge in [-0.3, -0.25) is 5.41 Å². The fourth-order valence-corrected chi connectivity index (χ4v) is 1.70. The van der Waals surface area contributed by atoms with Crippen LogP contribution in [-0.2, 0) is 5.41 Å². The highest BCUT2D eigenvalue weighted by Crippen LogP contribution is 2.26. The third-order valence-electron chi connectivity index (χ3n) is 2.96. The summed E-state index contributed by atoms with van der Waals surface area (Å²) in [6.07, 6.45) is 1.67. The van der Waals surface area contributed by atoms with E-state index >= 15 is 0 Å². The van der Waals surface area contributed by atoms with Gasteiger partial charge in [0.2, 0.25) is 0 Å². The van der Waals surface area contributed by atoms with Gasteiger partial charge in [-0.2, -0.15) is 0 Å². The SMILES string of the molecule is C=CN(C)C(=N)C(C)(C)c1cccc(C)c1. The smallest absolute Gasteiger partial charge is 0.110 e. The van der Waals surface area contributed by atoms with Gasteiger partial charge in [-0.15, -0.1) is 0 Å². The zero-order chi connectivity index (χ0) is 12.3. The normalized spacial score (nSPS) is 11.0. The molecule has 2 heteroatoms. The Morgan fingerprint density at radius 2 is 2.06 bits per heavy atom. The highest BCUT2D eigenvalue weighted by Gasteiger charge is 2.28. The molecule has 0 fully saturated rings. The molecule has 1 rings (SSSR count). The van der Waals surface area contributed by atoms with E-state index in [2.05, 4.69) is 45.5 Å². The summed E-state index contributed by atoms with van der Waals surface area (Å²) < 4.78 is 0. The zero-order valence-corrected chi connectivity index (χ0v) is 10.5. The van der Waals surface area contributed by atoms with E-state index in [1.807, 2.05) is 13.1 Å². The largest absolute Gasteiger partial charge is 0.340 e. The summed E-state index contributed by atoms with van der Waals surface area (Å²) in [5.74, 6) is 0.549. The molecule has 0 aromatic heterocycles. The number of hydrogen-bond acceptors (Lipinski definition) is 1. The molecule has 86 valence electrons. The Morgan fingerprint density at radius 1 is 1.44 bits per heavy atom. The molecular weight excluding hydrogens is 196 g/mol. The molecule has 0 aliphatic heterocycles. The molecule has 0 unspecified atom stereocenters. The average molecular weight is 216 g/mol. The van der Waals surface area contributed by atoms with Gasteiger partial charge in [0.15, 0.2) is 0 Å². The Kier molecular flexibility index (Phi) is 3.53. The maximum absolute atomic E-state index is 8.16. The van der Waals surface area contributed by atoms with Crippen molar-refractivity contribution in [3.8, 4) is 0 Å². The van der Waals surface area contributed by atoms with Gasteiger partial charge in [0, 0.05) is 12.5 Å². The number of hydrogen-bond donors (Lipinski definition) is 1. The molecule has 0 spiro atoms. The van der Waals surface area contributed by atoms with E-state index in [1.165, 1.54) is 5.56 Å². The minimum atomic E-state index is -0.297. The van der Waals surface area contributed by atoms with E-state index < -0.39 is 0 Å². The number of nitrogens with one attached hydrogen (secondary N) is 1. The summed E-state index contributed by atoms with van der Waals surface area (Å²) in [6, 6.07) is 8.30. The molecule has 0 saturated carbocycles. The number of amidine groups is 1. The van der Waals surface area contributed by atoms with E-state index in [9.17, 15) is 0 Å². The van der Waals surface area contributed by atoms with Crippen LogP contribution >= 0.6 is 0 Å². The monoisotopic (exact) mass is 216 g/mol. The maximum atomic E-state index is 8.16. The van der Waals surface area contributed by atoms with E-state index in [1.54, 1.807) is 11.1 Å². The number of nitrogens with zero attached hydrogens (tertiary/aromatic N) is 1. The Morgan fingerprint density at radius 3 is 2.56 bits per heavy atom. The van der Waals surface area contributed by atoms with Gasteiger partial charge in [-0.05, 0) is 32.5 Å². The topological polar surface area (TPSA) is 27.1 Å². The molecule has 0 radical (unpaired) electrons. The fourth-order valence-electron chi connectivity index (χ4n) is 1.70. The summed E-state index contributed by atoms with van der Waals surface area (Å²) >= 11 is 0. The molecule has 1 aromatic rings. The van der Waals surface area contributed by atoms with E-state index in [-0.39, 0.29) is 5.41 Å². The lowest BCUT2D eigenvalue weighted by Crippen LogP contribution is -2.38. The molecule has 16 heavy (non-hydrogen) atoms. The van der Waals surface area contributed by atoms with Crippen molar-refractivity contribution in [3.05, 3.63) is 48.2 Å². The molecule has 0 bridgehead atoms. The summed E-state index contributed by atoms with van der Waals surface area (Å²) in [4.78, 5) is 1.75. The Bertz CT molecular complexity index is 405. The molecule has 0 aliphatic carbocycles. The first kappa shape index (κ1) is 12.5. The average Bonchev–Trinajstić information content (AvgIpc) is 2.27. The molecule has 0 atom stereocenters. The van der Waals surface area contributed by atoms with Crippen LogP contribution in [0.3, 0.4) is 0 Å². The second-order valence-corrected chi connectivity index (χ2v) is 4.64. The summed E-state index contributed by atoms with van der Waals surface area (Å²) in [6.45, 7) is 9.88. The lowest BCUT2D eigenvalue weighted by Gasteiger charge is -2.31. The minimum Gasteiger partial charge on any atom is -0.340 e. The second kappa shape index (κ2) is 4.52. The van der Waals surface area contributed by atoms with Gasteiger partial charge in [0.05, 0.1) is 0 Å². The summed E-state index contributed by atoms with van der Waals surface area (Å²) in [5.41, 5.74) is 2.08. The van der Waals surface area contributed by atoms with Crippen LogP contribution in [0, 0.1) is 12.3 Å². The molecule has 1 N–H and O–H groups in total. The molecule has 0 aliphatic rings. The van der Waals surface area contributed by atoms with Crippen LogP contribution in [0.15, 0.2) is 37.0 Å². The lowest BCUT2D eigenvalue weighted by molar-refractivity contribution is 0.570. The van der Waals surface area contributed by atoms with Crippen LogP contribution in [0.5, 0.6) is 0 Å². The number of benzene rings is 1. The van der Waals surface area contributed by atoms with Gasteiger partial charge in [0.25, 0.3) is 0 Å². The standard InChI is InChI=1S/C14H20N2/c1-6-16(5)13(15)14(3,4)12-9-7-8-11(2)10-12/h6-10,15H,1H2,2-5H3. The Hall–Kier alpha value is -1.57. The first-order valence-electron chi connectivity index (χ1n) is 5.41. The van der Waals surface area contributed by atoms with Crippen molar-refractivity contribution in [3.63, 3.8) is 0 Å². The molecule has 0 saturated heterocycles. The number of likely N-dealkylation sites (N-methyl/N-ethyl adjacent to an activating group) is 1. The van der Waals surface area contributed by atoms with Crippen LogP contribution in [-0.4, -0.2) is 17.8 Å². The first-order valence-corrected chi connectivity index (χ1v) is 5.41. The van der Waals surface area contributed by atoms with Crippen molar-refractivity contribution < 1.29 is 0 Å². The van der Waals surface area contributed by atoms with Gasteiger partial charge < -0.3 is 4.90 Å². The fraction of sp³-hybridized carbons (Fsp3) is 0.357. The van der Waals surface area contributed by atoms with E-state index in [0.717, 1.165) is 5.56 Å². The van der Waals surface area contributed by atoms with Crippen molar-refractivity contribution in [2.24, 2.45) is 0 Å². The number of rotatable bonds is 3. The van der Waals surface area contributed by atoms with E-state index in [0.29, 0.717) is 5.84 Å². The Balaban J connectivity index is 3.10. The first-order chi connectivity index (χ1) is 7.39. The molecule has 0 heterocycles. The van der Waals surface area contributed by atoms with E-state index in [4.69, 9.17) is 5.41 Å². The maximum Gasteiger partial charge on any atom is 0.110 e. The third-order valence-corrected chi connectivity index (χ3v) is 2.96. The summed E-state index contributed by atoms with van der Waals surface area (Å²) in [7, 11) is 1.85. The van der Waals surface area contributed by atoms with Crippen LogP contribution in [0.25, 0.3) is 0 Å². The Labute approximate surface area is 98.1 Å². The minimum absolute atomic E-state index is 0.297. The molecule has 1 aromatic carbocycles. The third kappa shape index (κ3) is 2.32. The van der Waals surface area contributed by atoms with Crippen molar-refractivity contribution in [2.75, 3.05) is 7.05 Å². The number of aryl methyl sites for hydroxylation is 1. The van der Waals surface area contributed by atoms with Gasteiger partial charge in [-0.25, -0.2) is 0 Å². The molecule has 2 nitrogen and oxygen atoms in total. The molecular formula is C14H20N2. The van der Waals surface area contributed by atoms with Gasteiger partial charge in [0.1, 0.15) is 5.84 Å². The second-order valence-electron chi connectivity index (χ2n) is 4.64. The summed E-state index contributed by atoms with van der Waals surface area (Å²) in [5, 5.41) is 8.16. The van der Waals surface area contributed by atoms with Crippen molar-refractivity contribution in [2.45, 2.75) is 26.2 Å². The predicted octanol–water partition coefficient (Wildman–Crippen LogP) is 3.33. The molecule has 0 amide bonds. The predicted molar refractivity (Wildman–Crippen MR) is 69.9 cm³/mol. The van der Waals surface area contributed by atoms with Crippen molar-refractivity contribution in [1.29, 1.82) is 5.41 Å². The highest BCUT2D eigenvalue weighted by molar-refractivity contribution is 5.90. The van der Waals surface area contributed by atoms with Crippen LogP contribution in [0.1, 0.15) is 25.0 Å². The van der Waals surface area contributed by atoms with Crippen LogP contribution in [0.4, 0.5) is 0 Å². The van der Waals surface area contributed by atoms with Crippen LogP contribution in [0.2, 0.25) is 0 Å². The van der Waals surface area contributed by atoms with Crippen LogP contribution < -0.4 is 0 Å². The zero-order valence-electron chi connectivity index (χ0n) is 10.5. The van der Waals surface area contributed by atoms with Gasteiger partial charge >= 0.3 is 0 Å². The quantitative estimate of drug-likeness (QED) is 0.609. The van der Waals surface area contributed by atoms with Gasteiger partial charge in [-0.1, -0.05) is 36.4 Å². The lowest BCUT2D eigenvalue weighted by atomic mass is 9.82.